The van der Waals surface area contributed by atoms with Crippen molar-refractivity contribution in [3.63, 3.8) is 0 Å². The summed E-state index contributed by atoms with van der Waals surface area (Å²) in [5.41, 5.74) is 5.54. The Labute approximate surface area is 100 Å². The molecule has 2 unspecified atom stereocenters. The first kappa shape index (κ1) is 15.4. The molecule has 0 aromatic heterocycles. The lowest BCUT2D eigenvalue weighted by atomic mass is 9.90. The second kappa shape index (κ2) is 8.57. The number of primary amides is 1. The maximum Gasteiger partial charge on any atom is 0.222 e. The number of hydrogen-bond donors (Lipinski definition) is 1. The number of carbonyl (C=O) groups excluding carboxylic acids is 1. The van der Waals surface area contributed by atoms with Crippen molar-refractivity contribution in [3.8, 4) is 0 Å². The van der Waals surface area contributed by atoms with Gasteiger partial charge in [0.1, 0.15) is 0 Å². The number of rotatable bonds is 9. The summed E-state index contributed by atoms with van der Waals surface area (Å²) in [6.07, 6.45) is 4.14. The Morgan fingerprint density at radius 3 is 2.06 bits per heavy atom. The Kier molecular flexibility index (Phi) is 8.26. The van der Waals surface area contributed by atoms with E-state index >= 15 is 0 Å². The van der Waals surface area contributed by atoms with Crippen LogP contribution in [0.5, 0.6) is 0 Å². The summed E-state index contributed by atoms with van der Waals surface area (Å²) in [5.74, 6) is -0.114. The topological polar surface area (TPSA) is 46.3 Å². The molecule has 0 saturated heterocycles. The van der Waals surface area contributed by atoms with Gasteiger partial charge in [0.15, 0.2) is 0 Å². The number of amides is 1. The molecule has 0 aromatic rings. The number of nitrogens with two attached hydrogens (primary N) is 1. The Morgan fingerprint density at radius 2 is 1.75 bits per heavy atom. The molecule has 16 heavy (non-hydrogen) atoms. The highest BCUT2D eigenvalue weighted by atomic mass is 16.1. The van der Waals surface area contributed by atoms with Gasteiger partial charge in [-0.1, -0.05) is 40.5 Å². The lowest BCUT2D eigenvalue weighted by molar-refractivity contribution is -0.124. The van der Waals surface area contributed by atoms with E-state index < -0.39 is 0 Å². The highest BCUT2D eigenvalue weighted by Gasteiger charge is 2.28. The zero-order valence-electron chi connectivity index (χ0n) is 11.3. The molecule has 0 radical (unpaired) electrons. The standard InChI is InChI=1S/C13H28N2O/c1-5-9-10-11(13(14)16)12(6-2)15(7-3)8-4/h11-12H,5-10H2,1-4H3,(H2,14,16). The van der Waals surface area contributed by atoms with Crippen molar-refractivity contribution < 1.29 is 4.79 Å². The summed E-state index contributed by atoms with van der Waals surface area (Å²) >= 11 is 0. The van der Waals surface area contributed by atoms with Crippen LogP contribution in [0, 0.1) is 5.92 Å². The summed E-state index contributed by atoms with van der Waals surface area (Å²) in [6, 6.07) is 0.319. The minimum Gasteiger partial charge on any atom is -0.369 e. The predicted molar refractivity (Wildman–Crippen MR) is 69.2 cm³/mol. The summed E-state index contributed by atoms with van der Waals surface area (Å²) in [6.45, 7) is 10.6. The Hall–Kier alpha value is -0.570. The summed E-state index contributed by atoms with van der Waals surface area (Å²) in [5, 5.41) is 0. The van der Waals surface area contributed by atoms with Gasteiger partial charge in [0, 0.05) is 6.04 Å². The molecule has 2 atom stereocenters. The molecule has 0 fully saturated rings. The van der Waals surface area contributed by atoms with Gasteiger partial charge in [0.05, 0.1) is 5.92 Å². The van der Waals surface area contributed by atoms with Crippen LogP contribution in [0.2, 0.25) is 0 Å². The molecular weight excluding hydrogens is 200 g/mol. The van der Waals surface area contributed by atoms with Crippen molar-refractivity contribution in [3.05, 3.63) is 0 Å². The van der Waals surface area contributed by atoms with E-state index in [1.165, 1.54) is 0 Å². The molecule has 0 aliphatic carbocycles. The third-order valence-corrected chi connectivity index (χ3v) is 3.40. The molecule has 3 heteroatoms. The first-order valence-corrected chi connectivity index (χ1v) is 6.65. The zero-order valence-corrected chi connectivity index (χ0v) is 11.3. The van der Waals surface area contributed by atoms with Crippen LogP contribution in [0.3, 0.4) is 0 Å². The maximum atomic E-state index is 11.5. The number of nitrogens with zero attached hydrogens (tertiary/aromatic N) is 1. The van der Waals surface area contributed by atoms with E-state index in [0.29, 0.717) is 6.04 Å². The fourth-order valence-electron chi connectivity index (χ4n) is 2.44. The Bertz CT molecular complexity index is 190. The van der Waals surface area contributed by atoms with Crippen molar-refractivity contribution in [2.75, 3.05) is 13.1 Å². The van der Waals surface area contributed by atoms with E-state index in [9.17, 15) is 4.79 Å². The van der Waals surface area contributed by atoms with Crippen molar-refractivity contribution >= 4 is 5.91 Å². The second-order valence-corrected chi connectivity index (χ2v) is 4.35. The number of unbranched alkanes of at least 4 members (excludes halogenated alkanes) is 1. The summed E-state index contributed by atoms with van der Waals surface area (Å²) in [4.78, 5) is 13.9. The van der Waals surface area contributed by atoms with E-state index in [-0.39, 0.29) is 11.8 Å². The quantitative estimate of drug-likeness (QED) is 0.658. The molecule has 2 N–H and O–H groups in total. The smallest absolute Gasteiger partial charge is 0.222 e. The Balaban J connectivity index is 4.61. The van der Waals surface area contributed by atoms with Gasteiger partial charge in [-0.05, 0) is 25.9 Å². The largest absolute Gasteiger partial charge is 0.369 e. The minimum absolute atomic E-state index is 0.0184. The molecule has 0 spiro atoms. The van der Waals surface area contributed by atoms with Gasteiger partial charge in [-0.3, -0.25) is 4.79 Å². The molecule has 0 aliphatic rings. The lowest BCUT2D eigenvalue weighted by Crippen LogP contribution is -2.45. The van der Waals surface area contributed by atoms with Gasteiger partial charge in [0.25, 0.3) is 0 Å². The monoisotopic (exact) mass is 228 g/mol. The van der Waals surface area contributed by atoms with Crippen molar-refractivity contribution in [1.82, 2.24) is 4.90 Å². The Morgan fingerprint density at radius 1 is 1.19 bits per heavy atom. The van der Waals surface area contributed by atoms with E-state index in [1.54, 1.807) is 0 Å². The zero-order chi connectivity index (χ0) is 12.6. The molecule has 0 aromatic carbocycles. The molecule has 0 heterocycles. The SMILES string of the molecule is CCCCC(C(N)=O)C(CC)N(CC)CC. The third-order valence-electron chi connectivity index (χ3n) is 3.40. The molecule has 0 aliphatic heterocycles. The van der Waals surface area contributed by atoms with Crippen LogP contribution in [-0.2, 0) is 4.79 Å². The van der Waals surface area contributed by atoms with Crippen LogP contribution in [0.4, 0.5) is 0 Å². The van der Waals surface area contributed by atoms with E-state index in [4.69, 9.17) is 5.73 Å². The second-order valence-electron chi connectivity index (χ2n) is 4.35. The van der Waals surface area contributed by atoms with Gasteiger partial charge in [-0.15, -0.1) is 0 Å². The van der Waals surface area contributed by atoms with Crippen molar-refractivity contribution in [2.45, 2.75) is 59.4 Å². The van der Waals surface area contributed by atoms with Crippen LogP contribution in [0.1, 0.15) is 53.4 Å². The molecule has 1 amide bonds. The van der Waals surface area contributed by atoms with Gasteiger partial charge < -0.3 is 10.6 Å². The average Bonchev–Trinajstić information content (AvgIpc) is 2.28. The van der Waals surface area contributed by atoms with E-state index in [0.717, 1.165) is 38.8 Å². The lowest BCUT2D eigenvalue weighted by Gasteiger charge is -2.33. The predicted octanol–water partition coefficient (Wildman–Crippen LogP) is 2.40. The van der Waals surface area contributed by atoms with Gasteiger partial charge >= 0.3 is 0 Å². The van der Waals surface area contributed by atoms with Crippen molar-refractivity contribution in [1.29, 1.82) is 0 Å². The molecule has 0 rings (SSSR count). The number of carbonyl (C=O) groups is 1. The molecule has 0 saturated carbocycles. The van der Waals surface area contributed by atoms with Crippen LogP contribution in [0.25, 0.3) is 0 Å². The fraction of sp³-hybridized carbons (Fsp3) is 0.923. The number of hydrogen-bond acceptors (Lipinski definition) is 2. The molecule has 0 bridgehead atoms. The van der Waals surface area contributed by atoms with Crippen LogP contribution < -0.4 is 5.73 Å². The first-order chi connectivity index (χ1) is 7.62. The van der Waals surface area contributed by atoms with Crippen LogP contribution in [0.15, 0.2) is 0 Å². The summed E-state index contributed by atoms with van der Waals surface area (Å²) < 4.78 is 0. The normalized spacial score (nSPS) is 15.1. The van der Waals surface area contributed by atoms with Gasteiger partial charge in [-0.2, -0.15) is 0 Å². The van der Waals surface area contributed by atoms with E-state index in [1.807, 2.05) is 0 Å². The molecule has 96 valence electrons. The van der Waals surface area contributed by atoms with E-state index in [2.05, 4.69) is 32.6 Å². The van der Waals surface area contributed by atoms with Crippen molar-refractivity contribution in [2.24, 2.45) is 11.7 Å². The minimum atomic E-state index is -0.132. The fourth-order valence-corrected chi connectivity index (χ4v) is 2.44. The average molecular weight is 228 g/mol. The molecular formula is C13H28N2O. The highest BCUT2D eigenvalue weighted by Crippen LogP contribution is 2.20. The van der Waals surface area contributed by atoms with Gasteiger partial charge in [0.2, 0.25) is 5.91 Å². The third kappa shape index (κ3) is 4.52. The summed E-state index contributed by atoms with van der Waals surface area (Å²) in [7, 11) is 0. The maximum absolute atomic E-state index is 11.5. The van der Waals surface area contributed by atoms with Gasteiger partial charge in [-0.25, -0.2) is 0 Å². The molecule has 3 nitrogen and oxygen atoms in total. The van der Waals surface area contributed by atoms with Crippen LogP contribution in [-0.4, -0.2) is 29.9 Å². The first-order valence-electron chi connectivity index (χ1n) is 6.65. The highest BCUT2D eigenvalue weighted by molar-refractivity contribution is 5.77. The van der Waals surface area contributed by atoms with Crippen LogP contribution >= 0.6 is 0 Å².